The quantitative estimate of drug-likeness (QED) is 0.0930. The van der Waals surface area contributed by atoms with Crippen LogP contribution in [0.15, 0.2) is 18.2 Å². The third kappa shape index (κ3) is 10.9. The van der Waals surface area contributed by atoms with Gasteiger partial charge >= 0.3 is 0 Å². The van der Waals surface area contributed by atoms with Crippen LogP contribution in [-0.2, 0) is 15.9 Å². The zero-order valence-electron chi connectivity index (χ0n) is 20.0. The van der Waals surface area contributed by atoms with Crippen LogP contribution in [0.4, 0.5) is 0 Å². The van der Waals surface area contributed by atoms with Gasteiger partial charge in [0.25, 0.3) is 0 Å². The van der Waals surface area contributed by atoms with E-state index in [0.29, 0.717) is 7.28 Å². The molecular formula is C26H44BrO2P. The molecule has 0 saturated carbocycles. The molecule has 0 aliphatic carbocycles. The lowest BCUT2D eigenvalue weighted by Crippen LogP contribution is -2.18. The fourth-order valence-corrected chi connectivity index (χ4v) is 5.38. The lowest BCUT2D eigenvalue weighted by Gasteiger charge is -2.17. The van der Waals surface area contributed by atoms with Gasteiger partial charge in [-0.1, -0.05) is 54.0 Å². The summed E-state index contributed by atoms with van der Waals surface area (Å²) in [5.74, 6) is 0. The van der Waals surface area contributed by atoms with Crippen LogP contribution in [0.25, 0.3) is 0 Å². The number of hydrogen-bond donors (Lipinski definition) is 0. The maximum atomic E-state index is 5.80. The van der Waals surface area contributed by atoms with Crippen molar-refractivity contribution >= 4 is 28.1 Å². The molecule has 0 N–H and O–H groups in total. The summed E-state index contributed by atoms with van der Waals surface area (Å²) in [6.45, 7) is 12.7. The lowest BCUT2D eigenvalue weighted by molar-refractivity contribution is -0.146. The van der Waals surface area contributed by atoms with Gasteiger partial charge in [0.1, 0.15) is 0 Å². The molecule has 0 heterocycles. The second-order valence-corrected chi connectivity index (χ2v) is 10.1. The van der Waals surface area contributed by atoms with Crippen molar-refractivity contribution < 1.29 is 9.47 Å². The molecule has 0 spiro atoms. The van der Waals surface area contributed by atoms with Crippen LogP contribution in [-0.4, -0.2) is 19.5 Å². The summed E-state index contributed by atoms with van der Waals surface area (Å²) in [7, 11) is 0.703. The Labute approximate surface area is 196 Å². The SMILES string of the molecule is CCCOC(CCCCC/C=C\CCCc1cc(PBr)c(C)c(C)c1C)OCCC. The van der Waals surface area contributed by atoms with Crippen LogP contribution in [0.5, 0.6) is 0 Å². The molecule has 1 unspecified atom stereocenters. The predicted octanol–water partition coefficient (Wildman–Crippen LogP) is 8.23. The largest absolute Gasteiger partial charge is 0.353 e. The molecule has 0 bridgehead atoms. The third-order valence-electron chi connectivity index (χ3n) is 5.74. The van der Waals surface area contributed by atoms with E-state index in [1.54, 1.807) is 0 Å². The third-order valence-corrected chi connectivity index (χ3v) is 7.75. The van der Waals surface area contributed by atoms with Gasteiger partial charge < -0.3 is 9.47 Å². The van der Waals surface area contributed by atoms with Gasteiger partial charge in [-0.05, 0) is 113 Å². The minimum absolute atomic E-state index is 0.0000897. The minimum Gasteiger partial charge on any atom is -0.353 e. The second-order valence-electron chi connectivity index (χ2n) is 8.23. The molecular weight excluding hydrogens is 455 g/mol. The predicted molar refractivity (Wildman–Crippen MR) is 139 cm³/mol. The number of halogens is 1. The van der Waals surface area contributed by atoms with Gasteiger partial charge in [-0.25, -0.2) is 0 Å². The highest BCUT2D eigenvalue weighted by Gasteiger charge is 2.09. The Morgan fingerprint density at radius 1 is 0.867 bits per heavy atom. The highest BCUT2D eigenvalue weighted by molar-refractivity contribution is 9.37. The molecule has 4 heteroatoms. The van der Waals surface area contributed by atoms with Crippen LogP contribution < -0.4 is 5.30 Å². The Balaban J connectivity index is 2.20. The summed E-state index contributed by atoms with van der Waals surface area (Å²) in [6, 6.07) is 2.41. The first-order chi connectivity index (χ1) is 14.5. The molecule has 1 atom stereocenters. The monoisotopic (exact) mass is 498 g/mol. The summed E-state index contributed by atoms with van der Waals surface area (Å²) >= 11 is 3.66. The first kappa shape index (κ1) is 27.8. The molecule has 1 aromatic carbocycles. The zero-order valence-corrected chi connectivity index (χ0v) is 22.6. The van der Waals surface area contributed by atoms with E-state index in [2.05, 4.69) is 68.3 Å². The van der Waals surface area contributed by atoms with Crippen molar-refractivity contribution in [2.75, 3.05) is 13.2 Å². The minimum atomic E-state index is -0.0000897. The van der Waals surface area contributed by atoms with Crippen molar-refractivity contribution in [3.8, 4) is 0 Å². The maximum absolute atomic E-state index is 5.80. The van der Waals surface area contributed by atoms with Gasteiger partial charge in [0.15, 0.2) is 6.29 Å². The molecule has 30 heavy (non-hydrogen) atoms. The molecule has 0 aliphatic heterocycles. The van der Waals surface area contributed by atoms with E-state index in [0.717, 1.165) is 32.5 Å². The van der Waals surface area contributed by atoms with Crippen LogP contribution >= 0.6 is 22.8 Å². The molecule has 0 saturated heterocycles. The summed E-state index contributed by atoms with van der Waals surface area (Å²) < 4.78 is 11.6. The molecule has 0 radical (unpaired) electrons. The van der Waals surface area contributed by atoms with Gasteiger partial charge in [0.2, 0.25) is 0 Å². The van der Waals surface area contributed by atoms with Gasteiger partial charge in [-0.3, -0.25) is 0 Å². The van der Waals surface area contributed by atoms with Crippen LogP contribution in [0.1, 0.15) is 93.9 Å². The molecule has 172 valence electrons. The molecule has 1 rings (SSSR count). The number of ether oxygens (including phenoxy) is 2. The van der Waals surface area contributed by atoms with Crippen molar-refractivity contribution in [3.63, 3.8) is 0 Å². The van der Waals surface area contributed by atoms with Crippen LogP contribution in [0, 0.1) is 20.8 Å². The second kappa shape index (κ2) is 17.4. The van der Waals surface area contributed by atoms with Crippen molar-refractivity contribution in [1.29, 1.82) is 0 Å². The summed E-state index contributed by atoms with van der Waals surface area (Å²) in [5, 5.41) is 1.46. The van der Waals surface area contributed by atoms with E-state index >= 15 is 0 Å². The summed E-state index contributed by atoms with van der Waals surface area (Å²) in [4.78, 5) is 0. The Morgan fingerprint density at radius 3 is 2.10 bits per heavy atom. The fourth-order valence-electron chi connectivity index (χ4n) is 3.58. The fraction of sp³-hybridized carbons (Fsp3) is 0.692. The van der Waals surface area contributed by atoms with E-state index in [1.165, 1.54) is 72.5 Å². The number of allylic oxidation sites excluding steroid dienone is 2. The normalized spacial score (nSPS) is 12.2. The molecule has 0 fully saturated rings. The van der Waals surface area contributed by atoms with Crippen molar-refractivity contribution in [2.24, 2.45) is 0 Å². The standard InChI is InChI=1S/C26H44BrO2P/c1-6-18-28-26(29-19-7-2)17-15-13-11-9-8-10-12-14-16-24-20-25(30-27)23(5)21(3)22(24)4/h8,10,20,26,30H,6-7,9,11-19H2,1-5H3/b10-8-. The number of unbranched alkanes of at least 4 members (excludes halogenated alkanes) is 4. The van der Waals surface area contributed by atoms with E-state index in [4.69, 9.17) is 9.47 Å². The van der Waals surface area contributed by atoms with Gasteiger partial charge in [0, 0.05) is 13.2 Å². The lowest BCUT2D eigenvalue weighted by atomic mass is 9.95. The molecule has 0 aromatic heterocycles. The topological polar surface area (TPSA) is 18.5 Å². The number of rotatable bonds is 17. The summed E-state index contributed by atoms with van der Waals surface area (Å²) in [5.41, 5.74) is 5.92. The first-order valence-corrected chi connectivity index (χ1v) is 15.1. The molecule has 0 aliphatic rings. The first-order valence-electron chi connectivity index (χ1n) is 11.9. The Kier molecular flexibility index (Phi) is 16.1. The maximum Gasteiger partial charge on any atom is 0.157 e. The van der Waals surface area contributed by atoms with E-state index < -0.39 is 0 Å². The van der Waals surface area contributed by atoms with Crippen LogP contribution in [0.2, 0.25) is 0 Å². The summed E-state index contributed by atoms with van der Waals surface area (Å²) in [6.07, 6.45) is 16.4. The average molecular weight is 500 g/mol. The van der Waals surface area contributed by atoms with Crippen molar-refractivity contribution in [3.05, 3.63) is 40.5 Å². The Hall–Kier alpha value is -0.210. The van der Waals surface area contributed by atoms with Gasteiger partial charge in [-0.15, -0.1) is 0 Å². The molecule has 1 aromatic rings. The smallest absolute Gasteiger partial charge is 0.157 e. The Morgan fingerprint density at radius 2 is 1.50 bits per heavy atom. The zero-order chi connectivity index (χ0) is 22.2. The Bertz CT molecular complexity index is 608. The molecule has 0 amide bonds. The average Bonchev–Trinajstić information content (AvgIpc) is 2.76. The highest BCUT2D eigenvalue weighted by Crippen LogP contribution is 2.27. The van der Waals surface area contributed by atoms with E-state index in [1.807, 2.05) is 0 Å². The van der Waals surface area contributed by atoms with Crippen molar-refractivity contribution in [1.82, 2.24) is 0 Å². The number of benzene rings is 1. The highest BCUT2D eigenvalue weighted by atomic mass is 79.9. The van der Waals surface area contributed by atoms with Gasteiger partial charge in [0.05, 0.1) is 0 Å². The molecule has 2 nitrogen and oxygen atoms in total. The number of aryl methyl sites for hydroxylation is 1. The van der Waals surface area contributed by atoms with Crippen molar-refractivity contribution in [2.45, 2.75) is 105 Å². The van der Waals surface area contributed by atoms with Gasteiger partial charge in [-0.2, -0.15) is 0 Å². The van der Waals surface area contributed by atoms with E-state index in [9.17, 15) is 0 Å². The number of hydrogen-bond acceptors (Lipinski definition) is 2. The van der Waals surface area contributed by atoms with Crippen LogP contribution in [0.3, 0.4) is 0 Å². The van der Waals surface area contributed by atoms with E-state index in [-0.39, 0.29) is 6.29 Å².